The number of carbonyl (C=O) groups is 2. The smallest absolute Gasteiger partial charge is 0.449 e. The molecule has 0 unspecified atom stereocenters. The first-order valence-electron chi connectivity index (χ1n) is 23.9. The van der Waals surface area contributed by atoms with Gasteiger partial charge in [-0.1, -0.05) is 151 Å². The summed E-state index contributed by atoms with van der Waals surface area (Å²) in [5.74, 6) is -0.354. The molecule has 74 heavy (non-hydrogen) atoms. The highest BCUT2D eigenvalue weighted by atomic mass is 31.2. The van der Waals surface area contributed by atoms with Gasteiger partial charge in [0, 0.05) is 10.8 Å². The van der Waals surface area contributed by atoms with Crippen LogP contribution in [-0.4, -0.2) is 110 Å². The van der Waals surface area contributed by atoms with E-state index in [2.05, 4.69) is 21.9 Å². The molecule has 0 radical (unpaired) electrons. The van der Waals surface area contributed by atoms with E-state index in [-0.39, 0.29) is 52.2 Å². The molecule has 10 atom stereocenters. The summed E-state index contributed by atoms with van der Waals surface area (Å²) in [5, 5.41) is 28.9. The quantitative estimate of drug-likeness (QED) is 0.0176. The van der Waals surface area contributed by atoms with Crippen LogP contribution in [0.3, 0.4) is 0 Å². The number of azide groups is 1. The molecule has 3 N–H and O–H groups in total. The number of hydrogen-bond acceptors (Lipinski definition) is 17. The summed E-state index contributed by atoms with van der Waals surface area (Å²) in [4.78, 5) is 30.9. The van der Waals surface area contributed by atoms with Crippen LogP contribution in [-0.2, 0) is 82.5 Å². The number of benzene rings is 5. The van der Waals surface area contributed by atoms with E-state index in [0.717, 1.165) is 33.4 Å². The first-order chi connectivity index (χ1) is 36.1. The predicted molar refractivity (Wildman–Crippen MR) is 262 cm³/mol. The Morgan fingerprint density at radius 1 is 0.730 bits per heavy atom. The highest BCUT2D eigenvalue weighted by Gasteiger charge is 2.55. The zero-order valence-electron chi connectivity index (χ0n) is 39.9. The van der Waals surface area contributed by atoms with E-state index in [0.29, 0.717) is 11.1 Å². The number of phosphoric ester groups is 1. The van der Waals surface area contributed by atoms with Gasteiger partial charge in [-0.15, -0.1) is 0 Å². The third-order valence-electron chi connectivity index (χ3n) is 12.9. The molecule has 2 saturated heterocycles. The second kappa shape index (κ2) is 24.7. The SMILES string of the molecule is C=CCOC(=O)O[C@@H]1[C@@H](NC(=O)OCC2c3ccccc3-c3ccccc32)[C@H](OC[C@H]2O[C@@H](O)[C@H](N=[N+]=[N-])[C@@H](O)[C@@H]2OCc2ccccc2)O[C@H](COCc2ccccc2)[C@H]1OP1(=O)OCc2ccccc2CO1. The number of phosphoric acid groups is 1. The van der Waals surface area contributed by atoms with Crippen molar-refractivity contribution in [2.24, 2.45) is 5.11 Å². The molecule has 5 aromatic carbocycles. The normalized spacial score (nSPS) is 25.9. The van der Waals surface area contributed by atoms with Gasteiger partial charge in [0.25, 0.3) is 0 Å². The molecule has 21 heteroatoms. The molecule has 1 amide bonds. The molecule has 0 spiro atoms. The fourth-order valence-electron chi connectivity index (χ4n) is 9.30. The van der Waals surface area contributed by atoms with Gasteiger partial charge in [-0.3, -0.25) is 13.6 Å². The largest absolute Gasteiger partial charge is 0.509 e. The van der Waals surface area contributed by atoms with Crippen LogP contribution in [0.5, 0.6) is 0 Å². The zero-order chi connectivity index (χ0) is 51.4. The second-order valence-electron chi connectivity index (χ2n) is 17.7. The number of nitrogens with one attached hydrogen (secondary N) is 1. The van der Waals surface area contributed by atoms with Gasteiger partial charge in [-0.2, -0.15) is 0 Å². The maximum Gasteiger partial charge on any atom is 0.509 e. The molecule has 5 aromatic rings. The van der Waals surface area contributed by atoms with E-state index >= 15 is 0 Å². The van der Waals surface area contributed by atoms with Crippen LogP contribution in [0.2, 0.25) is 0 Å². The lowest BCUT2D eigenvalue weighted by Crippen LogP contribution is -2.67. The van der Waals surface area contributed by atoms with Crippen LogP contribution in [0.1, 0.15) is 39.3 Å². The Balaban J connectivity index is 1.05. The van der Waals surface area contributed by atoms with Crippen LogP contribution in [0.4, 0.5) is 9.59 Å². The van der Waals surface area contributed by atoms with Crippen molar-refractivity contribution in [2.75, 3.05) is 26.4 Å². The topological polar surface area (TPSA) is 254 Å². The minimum absolute atomic E-state index is 0.0364. The molecule has 3 heterocycles. The van der Waals surface area contributed by atoms with Gasteiger partial charge >= 0.3 is 20.1 Å². The van der Waals surface area contributed by atoms with Gasteiger partial charge in [0.05, 0.1) is 45.7 Å². The Kier molecular flexibility index (Phi) is 17.5. The van der Waals surface area contributed by atoms with Crippen molar-refractivity contribution >= 4 is 20.1 Å². The number of amides is 1. The molecule has 4 aliphatic rings. The van der Waals surface area contributed by atoms with Crippen molar-refractivity contribution in [3.8, 4) is 11.1 Å². The van der Waals surface area contributed by atoms with E-state index in [4.69, 9.17) is 51.5 Å². The number of alkyl carbamates (subject to hydrolysis) is 1. The average Bonchev–Trinajstić information content (AvgIpc) is 3.64. The van der Waals surface area contributed by atoms with Gasteiger partial charge in [0.2, 0.25) is 0 Å². The Bertz CT molecular complexity index is 2730. The summed E-state index contributed by atoms with van der Waals surface area (Å²) < 4.78 is 81.6. The maximum absolute atomic E-state index is 14.8. The van der Waals surface area contributed by atoms with Crippen LogP contribution in [0, 0.1) is 0 Å². The van der Waals surface area contributed by atoms with E-state index in [1.54, 1.807) is 48.5 Å². The third-order valence-corrected chi connectivity index (χ3v) is 14.3. The molecule has 1 aliphatic carbocycles. The van der Waals surface area contributed by atoms with Crippen molar-refractivity contribution in [2.45, 2.75) is 93.6 Å². The summed E-state index contributed by atoms with van der Waals surface area (Å²) >= 11 is 0. The van der Waals surface area contributed by atoms with Gasteiger partial charge in [-0.05, 0) is 50.0 Å². The van der Waals surface area contributed by atoms with E-state index in [1.807, 2.05) is 84.9 Å². The van der Waals surface area contributed by atoms with Gasteiger partial charge in [0.15, 0.2) is 18.7 Å². The fourth-order valence-corrected chi connectivity index (χ4v) is 10.6. The second-order valence-corrected chi connectivity index (χ2v) is 19.3. The molecule has 0 bridgehead atoms. The van der Waals surface area contributed by atoms with Gasteiger partial charge in [-0.25, -0.2) is 14.2 Å². The Hall–Kier alpha value is -6.48. The number of carbonyl (C=O) groups excluding carboxylic acids is 2. The van der Waals surface area contributed by atoms with E-state index < -0.39 is 88.0 Å². The number of ether oxygens (including phenoxy) is 8. The summed E-state index contributed by atoms with van der Waals surface area (Å²) in [6.07, 6.45) is -13.3. The van der Waals surface area contributed by atoms with Crippen LogP contribution in [0.15, 0.2) is 151 Å². The standard InChI is InChI=1S/C53H55N4O16P/c1-2-25-64-53(61)72-49-45(55-52(60)67-30-41-39-23-13-11-21-37(39)38-22-12-14-24-40(38)41)51(66-32-43-47(65-27-34-17-7-4-8-18-34)46(58)44(56-57-54)50(59)70-43)71-42(31-63-26-33-15-5-3-6-16-33)48(49)73-74(62)68-28-35-19-9-10-20-36(35)29-69-74/h2-24,41-51,58-59H,1,25-32H2,(H,55,60)/t42-,43-,44-,45-,46-,47-,48-,49-,50-,51-/m1/s1. The lowest BCUT2D eigenvalue weighted by molar-refractivity contribution is -0.301. The lowest BCUT2D eigenvalue weighted by Gasteiger charge is -2.46. The number of aliphatic hydroxyl groups is 2. The summed E-state index contributed by atoms with van der Waals surface area (Å²) in [6.45, 7) is 2.01. The summed E-state index contributed by atoms with van der Waals surface area (Å²) in [5.41, 5.74) is 16.1. The predicted octanol–water partition coefficient (Wildman–Crippen LogP) is 8.14. The van der Waals surface area contributed by atoms with Crippen molar-refractivity contribution in [3.63, 3.8) is 0 Å². The Morgan fingerprint density at radius 2 is 1.32 bits per heavy atom. The lowest BCUT2D eigenvalue weighted by atomic mass is 9.96. The Labute approximate surface area is 426 Å². The molecule has 9 rings (SSSR count). The Morgan fingerprint density at radius 3 is 1.96 bits per heavy atom. The van der Waals surface area contributed by atoms with Crippen molar-refractivity contribution in [3.05, 3.63) is 190 Å². The van der Waals surface area contributed by atoms with Crippen molar-refractivity contribution in [1.82, 2.24) is 5.32 Å². The van der Waals surface area contributed by atoms with Crippen molar-refractivity contribution < 1.29 is 75.8 Å². The zero-order valence-corrected chi connectivity index (χ0v) is 40.8. The van der Waals surface area contributed by atoms with Crippen LogP contribution >= 0.6 is 7.82 Å². The first kappa shape index (κ1) is 52.4. The highest BCUT2D eigenvalue weighted by molar-refractivity contribution is 7.48. The number of rotatable bonds is 19. The monoisotopic (exact) mass is 1030 g/mol. The number of aliphatic hydroxyl groups excluding tert-OH is 2. The minimum atomic E-state index is -4.61. The van der Waals surface area contributed by atoms with Crippen LogP contribution in [0.25, 0.3) is 21.6 Å². The fraction of sp³-hybridized carbons (Fsp3) is 0.358. The number of fused-ring (bicyclic) bond motifs is 4. The number of hydrogen-bond donors (Lipinski definition) is 3. The highest BCUT2D eigenvalue weighted by Crippen LogP contribution is 2.55. The molecule has 388 valence electrons. The summed E-state index contributed by atoms with van der Waals surface area (Å²) in [7, 11) is -4.61. The molecular formula is C53H55N4O16P. The van der Waals surface area contributed by atoms with E-state index in [1.165, 1.54) is 6.08 Å². The van der Waals surface area contributed by atoms with Gasteiger partial charge < -0.3 is 53.4 Å². The molecule has 20 nitrogen and oxygen atoms in total. The average molecular weight is 1040 g/mol. The third kappa shape index (κ3) is 12.5. The van der Waals surface area contributed by atoms with E-state index in [9.17, 15) is 29.9 Å². The van der Waals surface area contributed by atoms with Gasteiger partial charge in [0.1, 0.15) is 49.7 Å². The van der Waals surface area contributed by atoms with Crippen molar-refractivity contribution in [1.29, 1.82) is 0 Å². The van der Waals surface area contributed by atoms with Crippen LogP contribution < -0.4 is 5.32 Å². The summed E-state index contributed by atoms with van der Waals surface area (Å²) in [6, 6.07) is 37.9. The molecule has 3 aliphatic heterocycles. The first-order valence-corrected chi connectivity index (χ1v) is 25.4. The molecule has 0 saturated carbocycles. The molecule has 0 aromatic heterocycles. The number of nitrogens with zero attached hydrogens (tertiary/aromatic N) is 3. The molecule has 2 fully saturated rings. The minimum Gasteiger partial charge on any atom is -0.449 e. The maximum atomic E-state index is 14.8. The molecular weight excluding hydrogens is 980 g/mol.